The van der Waals surface area contributed by atoms with Gasteiger partial charge in [0.25, 0.3) is 0 Å². The van der Waals surface area contributed by atoms with Crippen LogP contribution in [0, 0.1) is 5.92 Å². The zero-order valence-corrected chi connectivity index (χ0v) is 11.8. The standard InChI is InChI=1S/C13H24N2OS/c1-10-8-11(2)17-13(15-10)14-6-3-7-16-9-12-4-5-12/h10-12H,3-9H2,1-2H3,(H,14,15). The van der Waals surface area contributed by atoms with Crippen LogP contribution in [0.1, 0.15) is 39.5 Å². The molecule has 0 bridgehead atoms. The summed E-state index contributed by atoms with van der Waals surface area (Å²) in [5, 5.41) is 5.25. The van der Waals surface area contributed by atoms with Gasteiger partial charge in [0.15, 0.2) is 5.17 Å². The topological polar surface area (TPSA) is 33.6 Å². The molecule has 1 saturated carbocycles. The van der Waals surface area contributed by atoms with E-state index in [0.717, 1.165) is 37.3 Å². The van der Waals surface area contributed by atoms with Crippen molar-refractivity contribution in [1.29, 1.82) is 0 Å². The maximum Gasteiger partial charge on any atom is 0.157 e. The molecule has 0 aromatic rings. The number of amidine groups is 1. The van der Waals surface area contributed by atoms with Crippen LogP contribution in [-0.4, -0.2) is 36.2 Å². The summed E-state index contributed by atoms with van der Waals surface area (Å²) in [7, 11) is 0. The van der Waals surface area contributed by atoms with Gasteiger partial charge in [-0.3, -0.25) is 4.99 Å². The van der Waals surface area contributed by atoms with Crippen molar-refractivity contribution in [2.75, 3.05) is 19.8 Å². The Morgan fingerprint density at radius 2 is 2.24 bits per heavy atom. The molecule has 1 aliphatic heterocycles. The van der Waals surface area contributed by atoms with Crippen LogP contribution in [-0.2, 0) is 4.74 Å². The molecular formula is C13H24N2OS. The van der Waals surface area contributed by atoms with Crippen LogP contribution in [0.4, 0.5) is 0 Å². The third kappa shape index (κ3) is 5.30. The second-order valence-electron chi connectivity index (χ2n) is 5.27. The summed E-state index contributed by atoms with van der Waals surface area (Å²) in [5.41, 5.74) is 0. The Kier molecular flexibility index (Phi) is 5.16. The van der Waals surface area contributed by atoms with E-state index in [1.807, 2.05) is 11.8 Å². The van der Waals surface area contributed by atoms with Crippen molar-refractivity contribution in [1.82, 2.24) is 5.32 Å². The number of hydrogen-bond acceptors (Lipinski definition) is 3. The van der Waals surface area contributed by atoms with E-state index in [4.69, 9.17) is 4.74 Å². The largest absolute Gasteiger partial charge is 0.381 e. The van der Waals surface area contributed by atoms with Gasteiger partial charge >= 0.3 is 0 Å². The van der Waals surface area contributed by atoms with E-state index < -0.39 is 0 Å². The summed E-state index contributed by atoms with van der Waals surface area (Å²) < 4.78 is 5.59. The molecule has 2 aliphatic rings. The highest BCUT2D eigenvalue weighted by Crippen LogP contribution is 2.28. The first-order valence-corrected chi connectivity index (χ1v) is 7.67. The molecule has 2 fully saturated rings. The summed E-state index contributed by atoms with van der Waals surface area (Å²) in [5.74, 6) is 0.874. The van der Waals surface area contributed by atoms with Gasteiger partial charge in [0.2, 0.25) is 0 Å². The number of nitrogens with one attached hydrogen (secondary N) is 1. The van der Waals surface area contributed by atoms with Crippen molar-refractivity contribution in [3.05, 3.63) is 0 Å². The summed E-state index contributed by atoms with van der Waals surface area (Å²) in [6, 6.07) is 0.566. The fraction of sp³-hybridized carbons (Fsp3) is 0.923. The molecule has 17 heavy (non-hydrogen) atoms. The fourth-order valence-corrected chi connectivity index (χ4v) is 3.21. The van der Waals surface area contributed by atoms with Gasteiger partial charge in [-0.05, 0) is 38.5 Å². The Hall–Kier alpha value is -0.220. The SMILES string of the molecule is CC1CC(C)SC(=NCCCOCC2CC2)N1. The molecule has 3 nitrogen and oxygen atoms in total. The average Bonchev–Trinajstić information content (AvgIpc) is 3.05. The van der Waals surface area contributed by atoms with Gasteiger partial charge in [-0.25, -0.2) is 0 Å². The van der Waals surface area contributed by atoms with Crippen molar-refractivity contribution in [3.63, 3.8) is 0 Å². The normalized spacial score (nSPS) is 31.5. The summed E-state index contributed by atoms with van der Waals surface area (Å²) >= 11 is 1.87. The molecule has 0 spiro atoms. The first kappa shape index (κ1) is 13.2. The predicted molar refractivity (Wildman–Crippen MR) is 74.7 cm³/mol. The molecule has 1 aliphatic carbocycles. The van der Waals surface area contributed by atoms with Gasteiger partial charge in [-0.15, -0.1) is 0 Å². The molecule has 98 valence electrons. The zero-order chi connectivity index (χ0) is 12.1. The number of aliphatic imine (C=N–C) groups is 1. The third-order valence-corrected chi connectivity index (χ3v) is 4.19. The van der Waals surface area contributed by atoms with Gasteiger partial charge in [0, 0.05) is 31.1 Å². The quantitative estimate of drug-likeness (QED) is 0.742. The maximum absolute atomic E-state index is 5.59. The highest BCUT2D eigenvalue weighted by atomic mass is 32.2. The van der Waals surface area contributed by atoms with E-state index in [0.29, 0.717) is 11.3 Å². The lowest BCUT2D eigenvalue weighted by Crippen LogP contribution is -2.38. The Morgan fingerprint density at radius 3 is 2.94 bits per heavy atom. The predicted octanol–water partition coefficient (Wildman–Crippen LogP) is 2.66. The van der Waals surface area contributed by atoms with Crippen molar-refractivity contribution in [2.45, 2.75) is 50.8 Å². The second-order valence-corrected chi connectivity index (χ2v) is 6.70. The van der Waals surface area contributed by atoms with Gasteiger partial charge in [0.1, 0.15) is 0 Å². The average molecular weight is 256 g/mol. The summed E-state index contributed by atoms with van der Waals surface area (Å²) in [6.07, 6.45) is 5.02. The van der Waals surface area contributed by atoms with Crippen molar-refractivity contribution in [3.8, 4) is 0 Å². The minimum Gasteiger partial charge on any atom is -0.381 e. The molecule has 1 N–H and O–H groups in total. The van der Waals surface area contributed by atoms with Gasteiger partial charge in [-0.2, -0.15) is 0 Å². The molecule has 0 aromatic heterocycles. The Morgan fingerprint density at radius 1 is 1.41 bits per heavy atom. The Labute approximate surface area is 109 Å². The molecule has 2 rings (SSSR count). The molecule has 4 heteroatoms. The van der Waals surface area contributed by atoms with Gasteiger partial charge in [0.05, 0.1) is 0 Å². The molecule has 0 radical (unpaired) electrons. The van der Waals surface area contributed by atoms with E-state index in [-0.39, 0.29) is 0 Å². The third-order valence-electron chi connectivity index (χ3n) is 3.12. The highest BCUT2D eigenvalue weighted by Gasteiger charge is 2.21. The van der Waals surface area contributed by atoms with Crippen molar-refractivity contribution < 1.29 is 4.74 Å². The summed E-state index contributed by atoms with van der Waals surface area (Å²) in [4.78, 5) is 4.60. The molecule has 0 aromatic carbocycles. The van der Waals surface area contributed by atoms with Crippen LogP contribution in [0.25, 0.3) is 0 Å². The Bertz CT molecular complexity index is 254. The van der Waals surface area contributed by atoms with E-state index >= 15 is 0 Å². The van der Waals surface area contributed by atoms with Crippen molar-refractivity contribution >= 4 is 16.9 Å². The monoisotopic (exact) mass is 256 g/mol. The van der Waals surface area contributed by atoms with E-state index in [1.54, 1.807) is 0 Å². The van der Waals surface area contributed by atoms with Crippen LogP contribution in [0.2, 0.25) is 0 Å². The number of ether oxygens (including phenoxy) is 1. The van der Waals surface area contributed by atoms with Crippen LogP contribution < -0.4 is 5.32 Å². The molecule has 0 amide bonds. The number of hydrogen-bond donors (Lipinski definition) is 1. The number of rotatable bonds is 6. The number of thioether (sulfide) groups is 1. The van der Waals surface area contributed by atoms with Gasteiger partial charge < -0.3 is 10.1 Å². The molecule has 1 heterocycles. The van der Waals surface area contributed by atoms with Crippen molar-refractivity contribution in [2.24, 2.45) is 10.9 Å². The molecule has 2 atom stereocenters. The van der Waals surface area contributed by atoms with Crippen LogP contribution in [0.5, 0.6) is 0 Å². The number of nitrogens with zero attached hydrogens (tertiary/aromatic N) is 1. The lowest BCUT2D eigenvalue weighted by molar-refractivity contribution is 0.123. The molecular weight excluding hydrogens is 232 g/mol. The van der Waals surface area contributed by atoms with E-state index in [2.05, 4.69) is 24.2 Å². The zero-order valence-electron chi connectivity index (χ0n) is 10.9. The first-order chi connectivity index (χ1) is 8.24. The first-order valence-electron chi connectivity index (χ1n) is 6.79. The van der Waals surface area contributed by atoms with E-state index in [1.165, 1.54) is 19.3 Å². The van der Waals surface area contributed by atoms with Gasteiger partial charge in [-0.1, -0.05) is 18.7 Å². The Balaban J connectivity index is 1.55. The smallest absolute Gasteiger partial charge is 0.157 e. The lowest BCUT2D eigenvalue weighted by Gasteiger charge is -2.26. The minimum atomic E-state index is 0.566. The van der Waals surface area contributed by atoms with E-state index in [9.17, 15) is 0 Å². The lowest BCUT2D eigenvalue weighted by atomic mass is 10.2. The molecule has 2 unspecified atom stereocenters. The van der Waals surface area contributed by atoms with Crippen LogP contribution in [0.3, 0.4) is 0 Å². The van der Waals surface area contributed by atoms with Crippen LogP contribution in [0.15, 0.2) is 4.99 Å². The second kappa shape index (κ2) is 6.64. The molecule has 1 saturated heterocycles. The summed E-state index contributed by atoms with van der Waals surface area (Å²) in [6.45, 7) is 7.22. The maximum atomic E-state index is 5.59. The van der Waals surface area contributed by atoms with Crippen LogP contribution >= 0.6 is 11.8 Å². The fourth-order valence-electron chi connectivity index (χ4n) is 2.00. The highest BCUT2D eigenvalue weighted by molar-refractivity contribution is 8.14. The minimum absolute atomic E-state index is 0.566.